The summed E-state index contributed by atoms with van der Waals surface area (Å²) in [6, 6.07) is 4.31. The highest BCUT2D eigenvalue weighted by molar-refractivity contribution is 5.91. The van der Waals surface area contributed by atoms with Crippen molar-refractivity contribution in [3.8, 4) is 5.75 Å². The highest BCUT2D eigenvalue weighted by Gasteiger charge is 2.04. The Hall–Kier alpha value is -1.92. The SMILES string of the molecule is COc1ccc(C=CC(=O)NCC(O)CO)cc1F. The molecule has 0 aliphatic heterocycles. The molecule has 0 radical (unpaired) electrons. The van der Waals surface area contributed by atoms with Gasteiger partial charge < -0.3 is 20.3 Å². The van der Waals surface area contributed by atoms with Crippen LogP contribution in [-0.2, 0) is 4.79 Å². The minimum Gasteiger partial charge on any atom is -0.494 e. The monoisotopic (exact) mass is 269 g/mol. The van der Waals surface area contributed by atoms with Gasteiger partial charge in [-0.05, 0) is 23.8 Å². The molecule has 0 aromatic heterocycles. The Labute approximate surface area is 110 Å². The molecule has 0 heterocycles. The van der Waals surface area contributed by atoms with Gasteiger partial charge in [0.25, 0.3) is 0 Å². The molecule has 0 bridgehead atoms. The van der Waals surface area contributed by atoms with Gasteiger partial charge in [0.2, 0.25) is 5.91 Å². The van der Waals surface area contributed by atoms with Crippen LogP contribution in [0.5, 0.6) is 5.75 Å². The maximum absolute atomic E-state index is 13.4. The minimum absolute atomic E-state index is 0.0450. The third kappa shape index (κ3) is 5.07. The molecule has 1 unspecified atom stereocenters. The highest BCUT2D eigenvalue weighted by Crippen LogP contribution is 2.18. The molecular formula is C13H16FNO4. The Morgan fingerprint density at radius 1 is 1.58 bits per heavy atom. The lowest BCUT2D eigenvalue weighted by atomic mass is 10.2. The summed E-state index contributed by atoms with van der Waals surface area (Å²) in [5, 5.41) is 20.0. The molecule has 0 saturated carbocycles. The second-order valence-electron chi connectivity index (χ2n) is 3.81. The lowest BCUT2D eigenvalue weighted by Gasteiger charge is -2.06. The summed E-state index contributed by atoms with van der Waals surface area (Å²) in [6.45, 7) is -0.468. The summed E-state index contributed by atoms with van der Waals surface area (Å²) in [6.07, 6.45) is 1.66. The zero-order valence-electron chi connectivity index (χ0n) is 10.5. The van der Waals surface area contributed by atoms with Gasteiger partial charge in [0.15, 0.2) is 11.6 Å². The molecule has 3 N–H and O–H groups in total. The summed E-state index contributed by atoms with van der Waals surface area (Å²) in [5.74, 6) is -0.822. The normalized spacial score (nSPS) is 12.4. The molecule has 19 heavy (non-hydrogen) atoms. The smallest absolute Gasteiger partial charge is 0.244 e. The fourth-order valence-electron chi connectivity index (χ4n) is 1.30. The van der Waals surface area contributed by atoms with E-state index in [0.29, 0.717) is 5.56 Å². The summed E-state index contributed by atoms with van der Waals surface area (Å²) < 4.78 is 18.1. The second kappa shape index (κ2) is 7.50. The first-order valence-corrected chi connectivity index (χ1v) is 5.65. The van der Waals surface area contributed by atoms with Crippen LogP contribution in [0.2, 0.25) is 0 Å². The zero-order chi connectivity index (χ0) is 14.3. The average molecular weight is 269 g/mol. The van der Waals surface area contributed by atoms with Crippen LogP contribution in [0, 0.1) is 5.82 Å². The van der Waals surface area contributed by atoms with Crippen molar-refractivity contribution in [2.45, 2.75) is 6.10 Å². The number of aliphatic hydroxyl groups is 2. The number of hydrogen-bond donors (Lipinski definition) is 3. The fourth-order valence-corrected chi connectivity index (χ4v) is 1.30. The van der Waals surface area contributed by atoms with E-state index in [0.717, 1.165) is 0 Å². The number of aliphatic hydroxyl groups excluding tert-OH is 2. The van der Waals surface area contributed by atoms with E-state index in [4.69, 9.17) is 14.9 Å². The van der Waals surface area contributed by atoms with Gasteiger partial charge in [-0.25, -0.2) is 4.39 Å². The van der Waals surface area contributed by atoms with Crippen molar-refractivity contribution in [2.24, 2.45) is 0 Å². The predicted octanol–water partition coefficient (Wildman–Crippen LogP) is 0.317. The fraction of sp³-hybridized carbons (Fsp3) is 0.308. The number of amides is 1. The van der Waals surface area contributed by atoms with E-state index in [2.05, 4.69) is 5.32 Å². The maximum atomic E-state index is 13.4. The van der Waals surface area contributed by atoms with Crippen molar-refractivity contribution >= 4 is 12.0 Å². The van der Waals surface area contributed by atoms with Crippen LogP contribution in [0.3, 0.4) is 0 Å². The van der Waals surface area contributed by atoms with E-state index < -0.39 is 24.4 Å². The Kier molecular flexibility index (Phi) is 5.98. The lowest BCUT2D eigenvalue weighted by molar-refractivity contribution is -0.117. The first-order valence-electron chi connectivity index (χ1n) is 5.65. The predicted molar refractivity (Wildman–Crippen MR) is 68.1 cm³/mol. The molecule has 0 saturated heterocycles. The number of ether oxygens (including phenoxy) is 1. The first-order chi connectivity index (χ1) is 9.06. The van der Waals surface area contributed by atoms with Crippen LogP contribution in [-0.4, -0.2) is 42.5 Å². The standard InChI is InChI=1S/C13H16FNO4/c1-19-12-4-2-9(6-11(12)14)3-5-13(18)15-7-10(17)8-16/h2-6,10,16-17H,7-8H2,1H3,(H,15,18). The van der Waals surface area contributed by atoms with Crippen LogP contribution < -0.4 is 10.1 Å². The number of benzene rings is 1. The Balaban J connectivity index is 2.56. The van der Waals surface area contributed by atoms with Crippen LogP contribution >= 0.6 is 0 Å². The van der Waals surface area contributed by atoms with E-state index >= 15 is 0 Å². The van der Waals surface area contributed by atoms with Gasteiger partial charge in [-0.2, -0.15) is 0 Å². The molecule has 0 fully saturated rings. The van der Waals surface area contributed by atoms with Crippen molar-refractivity contribution in [1.29, 1.82) is 0 Å². The largest absolute Gasteiger partial charge is 0.494 e. The van der Waals surface area contributed by atoms with Crippen molar-refractivity contribution in [1.82, 2.24) is 5.32 Å². The minimum atomic E-state index is -0.990. The van der Waals surface area contributed by atoms with Crippen molar-refractivity contribution < 1.29 is 24.1 Å². The molecule has 0 aliphatic carbocycles. The summed E-state index contributed by atoms with van der Waals surface area (Å²) in [4.78, 5) is 11.3. The second-order valence-corrected chi connectivity index (χ2v) is 3.81. The molecule has 6 heteroatoms. The average Bonchev–Trinajstić information content (AvgIpc) is 2.42. The van der Waals surface area contributed by atoms with Crippen molar-refractivity contribution in [3.05, 3.63) is 35.7 Å². The number of hydrogen-bond acceptors (Lipinski definition) is 4. The Morgan fingerprint density at radius 3 is 2.89 bits per heavy atom. The number of halogens is 1. The summed E-state index contributed by atoms with van der Waals surface area (Å²) >= 11 is 0. The Morgan fingerprint density at radius 2 is 2.32 bits per heavy atom. The van der Waals surface area contributed by atoms with Gasteiger partial charge in [-0.15, -0.1) is 0 Å². The Bertz CT molecular complexity index is 462. The van der Waals surface area contributed by atoms with Gasteiger partial charge in [-0.1, -0.05) is 6.07 Å². The van der Waals surface area contributed by atoms with Gasteiger partial charge in [0.1, 0.15) is 0 Å². The van der Waals surface area contributed by atoms with Crippen molar-refractivity contribution in [2.75, 3.05) is 20.3 Å². The molecule has 1 atom stereocenters. The van der Waals surface area contributed by atoms with Gasteiger partial charge in [0.05, 0.1) is 19.8 Å². The zero-order valence-corrected chi connectivity index (χ0v) is 10.5. The van der Waals surface area contributed by atoms with Crippen LogP contribution in [0.4, 0.5) is 4.39 Å². The van der Waals surface area contributed by atoms with Crippen LogP contribution in [0.25, 0.3) is 6.08 Å². The van der Waals surface area contributed by atoms with Gasteiger partial charge >= 0.3 is 0 Å². The summed E-state index contributed by atoms with van der Waals surface area (Å²) in [5.41, 5.74) is 0.510. The lowest BCUT2D eigenvalue weighted by Crippen LogP contribution is -2.32. The number of nitrogens with one attached hydrogen (secondary N) is 1. The molecule has 1 rings (SSSR count). The molecule has 104 valence electrons. The van der Waals surface area contributed by atoms with Crippen molar-refractivity contribution in [3.63, 3.8) is 0 Å². The molecule has 1 aromatic carbocycles. The molecule has 1 aromatic rings. The molecule has 5 nitrogen and oxygen atoms in total. The molecule has 0 spiro atoms. The quantitative estimate of drug-likeness (QED) is 0.650. The van der Waals surface area contributed by atoms with E-state index in [1.807, 2.05) is 0 Å². The summed E-state index contributed by atoms with van der Waals surface area (Å²) in [7, 11) is 1.37. The topological polar surface area (TPSA) is 78.8 Å². The third-order valence-electron chi connectivity index (χ3n) is 2.33. The van der Waals surface area contributed by atoms with E-state index in [-0.39, 0.29) is 12.3 Å². The maximum Gasteiger partial charge on any atom is 0.244 e. The first kappa shape index (κ1) is 15.1. The number of carbonyl (C=O) groups excluding carboxylic acids is 1. The van der Waals surface area contributed by atoms with E-state index in [9.17, 15) is 9.18 Å². The van der Waals surface area contributed by atoms with E-state index in [1.54, 1.807) is 6.07 Å². The molecule has 0 aliphatic rings. The van der Waals surface area contributed by atoms with E-state index in [1.165, 1.54) is 31.4 Å². The third-order valence-corrected chi connectivity index (χ3v) is 2.33. The number of methoxy groups -OCH3 is 1. The van der Waals surface area contributed by atoms with Gasteiger partial charge in [-0.3, -0.25) is 4.79 Å². The van der Waals surface area contributed by atoms with Gasteiger partial charge in [0, 0.05) is 12.6 Å². The van der Waals surface area contributed by atoms with Crippen LogP contribution in [0.15, 0.2) is 24.3 Å². The number of carbonyl (C=O) groups is 1. The highest BCUT2D eigenvalue weighted by atomic mass is 19.1. The molecular weight excluding hydrogens is 253 g/mol. The molecule has 1 amide bonds. The van der Waals surface area contributed by atoms with Crippen LogP contribution in [0.1, 0.15) is 5.56 Å². The number of rotatable bonds is 6.